The lowest BCUT2D eigenvalue weighted by atomic mass is 9.84. The number of hydrogen-bond acceptors (Lipinski definition) is 3. The Morgan fingerprint density at radius 3 is 2.00 bits per heavy atom. The Balaban J connectivity index is 2.16. The van der Waals surface area contributed by atoms with Crippen LogP contribution in [0.1, 0.15) is 51.8 Å². The third kappa shape index (κ3) is 3.65. The van der Waals surface area contributed by atoms with Crippen LogP contribution in [-0.4, -0.2) is 41.8 Å². The van der Waals surface area contributed by atoms with Gasteiger partial charge in [-0.2, -0.15) is 0 Å². The molecule has 1 atom stereocenters. The van der Waals surface area contributed by atoms with Crippen LogP contribution in [0.4, 0.5) is 0 Å². The molecule has 1 aliphatic rings. The average Bonchev–Trinajstić information content (AvgIpc) is 2.46. The summed E-state index contributed by atoms with van der Waals surface area (Å²) in [7, 11) is 0. The van der Waals surface area contributed by atoms with Crippen molar-refractivity contribution in [2.45, 2.75) is 51.7 Å². The molecule has 0 aromatic heterocycles. The fourth-order valence-corrected chi connectivity index (χ4v) is 2.89. The van der Waals surface area contributed by atoms with E-state index in [1.807, 2.05) is 0 Å². The highest BCUT2D eigenvalue weighted by atomic mass is 16.5. The predicted octanol–water partition coefficient (Wildman–Crippen LogP) is 3.13. The SMILES string of the molecule is CC(C)(C)c1ccc(C(O)C(C)(C)N2CCOCC2)cc1. The van der Waals surface area contributed by atoms with Crippen molar-refractivity contribution in [3.8, 4) is 0 Å². The molecular weight excluding hydrogens is 262 g/mol. The summed E-state index contributed by atoms with van der Waals surface area (Å²) >= 11 is 0. The molecule has 3 nitrogen and oxygen atoms in total. The van der Waals surface area contributed by atoms with Crippen molar-refractivity contribution in [2.24, 2.45) is 0 Å². The zero-order valence-electron chi connectivity index (χ0n) is 14.0. The number of aliphatic hydroxyl groups is 1. The lowest BCUT2D eigenvalue weighted by Gasteiger charge is -2.44. The van der Waals surface area contributed by atoms with Gasteiger partial charge in [0.15, 0.2) is 0 Å². The monoisotopic (exact) mass is 291 g/mol. The van der Waals surface area contributed by atoms with Crippen molar-refractivity contribution in [1.29, 1.82) is 0 Å². The van der Waals surface area contributed by atoms with Gasteiger partial charge in [0.1, 0.15) is 0 Å². The molecule has 0 bridgehead atoms. The van der Waals surface area contributed by atoms with Crippen LogP contribution in [0.2, 0.25) is 0 Å². The van der Waals surface area contributed by atoms with Gasteiger partial charge in [-0.3, -0.25) is 4.90 Å². The van der Waals surface area contributed by atoms with E-state index in [9.17, 15) is 5.11 Å². The van der Waals surface area contributed by atoms with Gasteiger partial charge in [0.25, 0.3) is 0 Å². The molecule has 0 radical (unpaired) electrons. The smallest absolute Gasteiger partial charge is 0.0968 e. The van der Waals surface area contributed by atoms with Gasteiger partial charge in [-0.1, -0.05) is 45.0 Å². The number of benzene rings is 1. The summed E-state index contributed by atoms with van der Waals surface area (Å²) in [6.45, 7) is 14.1. The van der Waals surface area contributed by atoms with Crippen LogP contribution in [0.25, 0.3) is 0 Å². The van der Waals surface area contributed by atoms with Gasteiger partial charge >= 0.3 is 0 Å². The zero-order chi connectivity index (χ0) is 15.7. The van der Waals surface area contributed by atoms with Gasteiger partial charge in [-0.05, 0) is 30.4 Å². The summed E-state index contributed by atoms with van der Waals surface area (Å²) < 4.78 is 5.41. The van der Waals surface area contributed by atoms with Gasteiger partial charge in [0.05, 0.1) is 19.3 Å². The molecule has 2 rings (SSSR count). The Hall–Kier alpha value is -0.900. The van der Waals surface area contributed by atoms with E-state index in [1.165, 1.54) is 5.56 Å². The summed E-state index contributed by atoms with van der Waals surface area (Å²) in [5.41, 5.74) is 2.14. The van der Waals surface area contributed by atoms with E-state index in [0.717, 1.165) is 31.9 Å². The Labute approximate surface area is 128 Å². The standard InChI is InChI=1S/C18H29NO2/c1-17(2,3)15-8-6-14(7-9-15)16(20)18(4,5)19-10-12-21-13-11-19/h6-9,16,20H,10-13H2,1-5H3. The second-order valence-electron chi connectivity index (χ2n) is 7.53. The van der Waals surface area contributed by atoms with Crippen LogP contribution in [-0.2, 0) is 10.2 Å². The van der Waals surface area contributed by atoms with E-state index in [-0.39, 0.29) is 11.0 Å². The summed E-state index contributed by atoms with van der Waals surface area (Å²) in [5.74, 6) is 0. The van der Waals surface area contributed by atoms with Crippen molar-refractivity contribution >= 4 is 0 Å². The molecule has 1 fully saturated rings. The first-order valence-corrected chi connectivity index (χ1v) is 7.84. The number of ether oxygens (including phenoxy) is 1. The normalized spacial score (nSPS) is 19.5. The van der Waals surface area contributed by atoms with Crippen LogP contribution in [0, 0.1) is 0 Å². The van der Waals surface area contributed by atoms with Crippen LogP contribution in [0.15, 0.2) is 24.3 Å². The van der Waals surface area contributed by atoms with Crippen molar-refractivity contribution in [1.82, 2.24) is 4.90 Å². The molecule has 1 saturated heterocycles. The van der Waals surface area contributed by atoms with Crippen molar-refractivity contribution in [3.63, 3.8) is 0 Å². The molecule has 0 amide bonds. The maximum absolute atomic E-state index is 10.8. The van der Waals surface area contributed by atoms with E-state index in [2.05, 4.69) is 63.8 Å². The Morgan fingerprint density at radius 1 is 1.00 bits per heavy atom. The van der Waals surface area contributed by atoms with E-state index in [1.54, 1.807) is 0 Å². The lowest BCUT2D eigenvalue weighted by molar-refractivity contribution is -0.0630. The molecule has 0 saturated carbocycles. The first-order valence-electron chi connectivity index (χ1n) is 7.84. The van der Waals surface area contributed by atoms with Gasteiger partial charge in [0.2, 0.25) is 0 Å². The highest BCUT2D eigenvalue weighted by Crippen LogP contribution is 2.32. The summed E-state index contributed by atoms with van der Waals surface area (Å²) in [5, 5.41) is 10.8. The number of nitrogens with zero attached hydrogens (tertiary/aromatic N) is 1. The number of morpholine rings is 1. The van der Waals surface area contributed by atoms with Crippen molar-refractivity contribution < 1.29 is 9.84 Å². The first-order chi connectivity index (χ1) is 9.73. The fraction of sp³-hybridized carbons (Fsp3) is 0.667. The minimum atomic E-state index is -0.496. The van der Waals surface area contributed by atoms with E-state index < -0.39 is 6.10 Å². The van der Waals surface area contributed by atoms with E-state index in [4.69, 9.17) is 4.74 Å². The predicted molar refractivity (Wildman–Crippen MR) is 86.6 cm³/mol. The minimum Gasteiger partial charge on any atom is -0.386 e. The van der Waals surface area contributed by atoms with Gasteiger partial charge < -0.3 is 9.84 Å². The summed E-state index contributed by atoms with van der Waals surface area (Å²) in [6, 6.07) is 8.39. The van der Waals surface area contributed by atoms with Crippen molar-refractivity contribution in [3.05, 3.63) is 35.4 Å². The molecule has 1 heterocycles. The van der Waals surface area contributed by atoms with Crippen LogP contribution >= 0.6 is 0 Å². The minimum absolute atomic E-state index is 0.142. The molecule has 1 N–H and O–H groups in total. The molecule has 0 spiro atoms. The topological polar surface area (TPSA) is 32.7 Å². The summed E-state index contributed by atoms with van der Waals surface area (Å²) in [6.07, 6.45) is -0.496. The maximum atomic E-state index is 10.8. The Kier molecular flexibility index (Phi) is 4.76. The number of hydrogen-bond donors (Lipinski definition) is 1. The highest BCUT2D eigenvalue weighted by Gasteiger charge is 2.36. The van der Waals surface area contributed by atoms with Gasteiger partial charge in [-0.15, -0.1) is 0 Å². The zero-order valence-corrected chi connectivity index (χ0v) is 14.0. The summed E-state index contributed by atoms with van der Waals surface area (Å²) in [4.78, 5) is 2.32. The largest absolute Gasteiger partial charge is 0.386 e. The lowest BCUT2D eigenvalue weighted by Crippen LogP contribution is -2.53. The fourth-order valence-electron chi connectivity index (χ4n) is 2.89. The second-order valence-corrected chi connectivity index (χ2v) is 7.53. The highest BCUT2D eigenvalue weighted by molar-refractivity contribution is 5.30. The van der Waals surface area contributed by atoms with Gasteiger partial charge in [0, 0.05) is 18.6 Å². The molecule has 1 aromatic carbocycles. The quantitative estimate of drug-likeness (QED) is 0.928. The third-order valence-corrected chi connectivity index (χ3v) is 4.59. The van der Waals surface area contributed by atoms with Crippen LogP contribution in [0.5, 0.6) is 0 Å². The molecule has 1 aromatic rings. The molecule has 1 unspecified atom stereocenters. The van der Waals surface area contributed by atoms with Crippen molar-refractivity contribution in [2.75, 3.05) is 26.3 Å². The Bertz CT molecular complexity index is 453. The first kappa shape index (κ1) is 16.5. The molecule has 0 aliphatic carbocycles. The second kappa shape index (κ2) is 6.07. The third-order valence-electron chi connectivity index (χ3n) is 4.59. The maximum Gasteiger partial charge on any atom is 0.0968 e. The molecule has 21 heavy (non-hydrogen) atoms. The Morgan fingerprint density at radius 2 is 1.52 bits per heavy atom. The molecule has 118 valence electrons. The van der Waals surface area contributed by atoms with Crippen LogP contribution in [0.3, 0.4) is 0 Å². The molecular formula is C18H29NO2. The molecule has 1 aliphatic heterocycles. The number of aliphatic hydroxyl groups excluding tert-OH is 1. The molecule has 3 heteroatoms. The van der Waals surface area contributed by atoms with Gasteiger partial charge in [-0.25, -0.2) is 0 Å². The van der Waals surface area contributed by atoms with E-state index in [0.29, 0.717) is 0 Å². The van der Waals surface area contributed by atoms with E-state index >= 15 is 0 Å². The average molecular weight is 291 g/mol. The van der Waals surface area contributed by atoms with Crippen LogP contribution < -0.4 is 0 Å². The number of rotatable bonds is 3.